The third-order valence-corrected chi connectivity index (χ3v) is 2.08. The second-order valence-electron chi connectivity index (χ2n) is 1.72. The molecular formula is C7H15NS. The number of thioether (sulfide) groups is 1. The van der Waals surface area contributed by atoms with E-state index >= 15 is 0 Å². The molecule has 0 atom stereocenters. The molecule has 1 nitrogen and oxygen atoms in total. The zero-order valence-corrected chi connectivity index (χ0v) is 7.05. The summed E-state index contributed by atoms with van der Waals surface area (Å²) in [5.74, 6) is 2.36. The summed E-state index contributed by atoms with van der Waals surface area (Å²) in [6.45, 7) is 4.00. The Bertz CT molecular complexity index is 73.0. The molecule has 1 aliphatic heterocycles. The van der Waals surface area contributed by atoms with Crippen molar-refractivity contribution in [3.63, 3.8) is 0 Å². The normalized spacial score (nSPS) is 18.2. The van der Waals surface area contributed by atoms with Crippen molar-refractivity contribution in [3.8, 4) is 0 Å². The van der Waals surface area contributed by atoms with Crippen LogP contribution >= 0.6 is 11.8 Å². The summed E-state index contributed by atoms with van der Waals surface area (Å²) < 4.78 is 0. The first-order valence-corrected chi connectivity index (χ1v) is 4.69. The molecule has 1 heterocycles. The molecule has 1 aliphatic rings. The molecule has 0 saturated carbocycles. The van der Waals surface area contributed by atoms with Gasteiger partial charge in [-0.25, -0.2) is 0 Å². The number of hydrogen-bond donors (Lipinski definition) is 1. The first-order chi connectivity index (χ1) is 4.39. The van der Waals surface area contributed by atoms with Crippen LogP contribution in [0.1, 0.15) is 26.7 Å². The molecule has 0 bridgehead atoms. The van der Waals surface area contributed by atoms with Crippen LogP contribution in [0.5, 0.6) is 0 Å². The zero-order chi connectivity index (χ0) is 7.11. The standard InChI is InChI=1S/C5H9NS.C2H6/c6-5-1-3-7-4-2-5;1-2/h6H,1-4H2;1-2H3. The molecule has 1 fully saturated rings. The predicted octanol–water partition coefficient (Wildman–Crippen LogP) is 2.56. The van der Waals surface area contributed by atoms with Gasteiger partial charge in [0.15, 0.2) is 0 Å². The van der Waals surface area contributed by atoms with Crippen LogP contribution in [0.4, 0.5) is 0 Å². The van der Waals surface area contributed by atoms with E-state index in [9.17, 15) is 0 Å². The molecule has 1 rings (SSSR count). The summed E-state index contributed by atoms with van der Waals surface area (Å²) in [5.41, 5.74) is 0.943. The maximum Gasteiger partial charge on any atom is 0.0106 e. The molecule has 1 N–H and O–H groups in total. The van der Waals surface area contributed by atoms with Crippen LogP contribution in [0.15, 0.2) is 0 Å². The Kier molecular flexibility index (Phi) is 6.16. The quantitative estimate of drug-likeness (QED) is 0.556. The van der Waals surface area contributed by atoms with E-state index in [-0.39, 0.29) is 0 Å². The van der Waals surface area contributed by atoms with E-state index in [2.05, 4.69) is 0 Å². The van der Waals surface area contributed by atoms with Crippen molar-refractivity contribution in [2.45, 2.75) is 26.7 Å². The van der Waals surface area contributed by atoms with Crippen molar-refractivity contribution < 1.29 is 0 Å². The predicted molar refractivity (Wildman–Crippen MR) is 45.6 cm³/mol. The van der Waals surface area contributed by atoms with Gasteiger partial charge in [-0.3, -0.25) is 0 Å². The lowest BCUT2D eigenvalue weighted by molar-refractivity contribution is 1.11. The Hall–Kier alpha value is 0.0200. The number of hydrogen-bond acceptors (Lipinski definition) is 2. The molecule has 2 heteroatoms. The van der Waals surface area contributed by atoms with Gasteiger partial charge in [-0.2, -0.15) is 11.8 Å². The minimum Gasteiger partial charge on any atom is -0.310 e. The van der Waals surface area contributed by atoms with E-state index in [4.69, 9.17) is 5.41 Å². The first-order valence-electron chi connectivity index (χ1n) is 3.53. The van der Waals surface area contributed by atoms with Crippen LogP contribution in [-0.2, 0) is 0 Å². The highest BCUT2D eigenvalue weighted by atomic mass is 32.2. The van der Waals surface area contributed by atoms with Crippen molar-refractivity contribution >= 4 is 17.5 Å². The monoisotopic (exact) mass is 145 g/mol. The highest BCUT2D eigenvalue weighted by molar-refractivity contribution is 7.99. The van der Waals surface area contributed by atoms with Crippen LogP contribution in [0.3, 0.4) is 0 Å². The maximum absolute atomic E-state index is 7.18. The second kappa shape index (κ2) is 6.14. The van der Waals surface area contributed by atoms with Gasteiger partial charge in [-0.1, -0.05) is 13.8 Å². The van der Waals surface area contributed by atoms with Crippen molar-refractivity contribution in [1.82, 2.24) is 0 Å². The number of rotatable bonds is 0. The van der Waals surface area contributed by atoms with Gasteiger partial charge in [0.05, 0.1) is 0 Å². The van der Waals surface area contributed by atoms with Gasteiger partial charge >= 0.3 is 0 Å². The van der Waals surface area contributed by atoms with E-state index in [1.807, 2.05) is 25.6 Å². The first kappa shape index (κ1) is 9.02. The molecule has 0 aromatic heterocycles. The van der Waals surface area contributed by atoms with Crippen molar-refractivity contribution in [2.24, 2.45) is 0 Å². The molecule has 0 aliphatic carbocycles. The summed E-state index contributed by atoms with van der Waals surface area (Å²) in [6, 6.07) is 0. The molecule has 0 unspecified atom stereocenters. The smallest absolute Gasteiger partial charge is 0.0106 e. The third-order valence-electron chi connectivity index (χ3n) is 1.10. The fourth-order valence-electron chi connectivity index (χ4n) is 0.618. The van der Waals surface area contributed by atoms with Crippen molar-refractivity contribution in [3.05, 3.63) is 0 Å². The van der Waals surface area contributed by atoms with Gasteiger partial charge in [0.25, 0.3) is 0 Å². The topological polar surface area (TPSA) is 23.9 Å². The molecule has 0 spiro atoms. The Labute approximate surface area is 61.7 Å². The largest absolute Gasteiger partial charge is 0.310 e. The van der Waals surface area contributed by atoms with Crippen LogP contribution in [0, 0.1) is 5.41 Å². The highest BCUT2D eigenvalue weighted by Crippen LogP contribution is 2.12. The molecule has 0 aromatic carbocycles. The van der Waals surface area contributed by atoms with E-state index < -0.39 is 0 Å². The highest BCUT2D eigenvalue weighted by Gasteiger charge is 2.02. The van der Waals surface area contributed by atoms with Gasteiger partial charge in [-0.05, 0) is 24.3 Å². The van der Waals surface area contributed by atoms with E-state index in [1.165, 1.54) is 11.5 Å². The Balaban J connectivity index is 0.000000291. The molecule has 1 saturated heterocycles. The van der Waals surface area contributed by atoms with Crippen LogP contribution in [0.25, 0.3) is 0 Å². The van der Waals surface area contributed by atoms with Crippen LogP contribution < -0.4 is 0 Å². The van der Waals surface area contributed by atoms with Crippen LogP contribution in [0.2, 0.25) is 0 Å². The van der Waals surface area contributed by atoms with Gasteiger partial charge in [0.1, 0.15) is 0 Å². The average Bonchev–Trinajstić information content (AvgIpc) is 1.94. The fraction of sp³-hybridized carbons (Fsp3) is 0.857. The summed E-state index contributed by atoms with van der Waals surface area (Å²) >= 11 is 1.96. The van der Waals surface area contributed by atoms with Gasteiger partial charge in [0.2, 0.25) is 0 Å². The lowest BCUT2D eigenvalue weighted by atomic mass is 10.2. The van der Waals surface area contributed by atoms with E-state index in [0.29, 0.717) is 0 Å². The molecular weight excluding hydrogens is 130 g/mol. The molecule has 9 heavy (non-hydrogen) atoms. The summed E-state index contributed by atoms with van der Waals surface area (Å²) in [7, 11) is 0. The number of nitrogens with one attached hydrogen (secondary N) is 1. The van der Waals surface area contributed by atoms with Gasteiger partial charge in [-0.15, -0.1) is 0 Å². The SMILES string of the molecule is CC.N=C1CCSCC1. The van der Waals surface area contributed by atoms with Crippen LogP contribution in [-0.4, -0.2) is 17.2 Å². The van der Waals surface area contributed by atoms with Gasteiger partial charge in [0, 0.05) is 5.71 Å². The average molecular weight is 145 g/mol. The third kappa shape index (κ3) is 4.52. The molecule has 0 radical (unpaired) electrons. The minimum absolute atomic E-state index is 0.943. The minimum atomic E-state index is 0.943. The summed E-state index contributed by atoms with van der Waals surface area (Å²) in [5, 5.41) is 7.18. The lowest BCUT2D eigenvalue weighted by Crippen LogP contribution is -2.05. The maximum atomic E-state index is 7.18. The zero-order valence-electron chi connectivity index (χ0n) is 6.24. The lowest BCUT2D eigenvalue weighted by Gasteiger charge is -2.08. The van der Waals surface area contributed by atoms with E-state index in [0.717, 1.165) is 18.6 Å². The van der Waals surface area contributed by atoms with E-state index in [1.54, 1.807) is 0 Å². The fourth-order valence-corrected chi connectivity index (χ4v) is 1.60. The van der Waals surface area contributed by atoms with Gasteiger partial charge < -0.3 is 5.41 Å². The van der Waals surface area contributed by atoms with Crippen molar-refractivity contribution in [1.29, 1.82) is 5.41 Å². The molecule has 0 amide bonds. The summed E-state index contributed by atoms with van der Waals surface area (Å²) in [4.78, 5) is 0. The molecule has 0 aromatic rings. The molecule has 54 valence electrons. The van der Waals surface area contributed by atoms with Crippen molar-refractivity contribution in [2.75, 3.05) is 11.5 Å². The second-order valence-corrected chi connectivity index (χ2v) is 2.94. The Morgan fingerprint density at radius 2 is 1.67 bits per heavy atom. The summed E-state index contributed by atoms with van der Waals surface area (Å²) in [6.07, 6.45) is 2.06. The Morgan fingerprint density at radius 1 is 1.22 bits per heavy atom. The Morgan fingerprint density at radius 3 is 1.89 bits per heavy atom.